The van der Waals surface area contributed by atoms with Crippen molar-refractivity contribution in [3.8, 4) is 0 Å². The molecule has 0 amide bonds. The summed E-state index contributed by atoms with van der Waals surface area (Å²) in [5.41, 5.74) is 0. The Hall–Kier alpha value is -0.383. The molecule has 0 aromatic carbocycles. The van der Waals surface area contributed by atoms with Crippen LogP contribution in [0.1, 0.15) is 27.2 Å². The molecule has 0 spiro atoms. The summed E-state index contributed by atoms with van der Waals surface area (Å²) >= 11 is 0. The lowest BCUT2D eigenvalue weighted by molar-refractivity contribution is 0.215. The molecule has 0 aromatic rings. The number of hydrogen-bond donors (Lipinski definition) is 1. The molecule has 2 nitrogen and oxygen atoms in total. The Morgan fingerprint density at radius 2 is 2.00 bits per heavy atom. The van der Waals surface area contributed by atoms with Crippen molar-refractivity contribution in [1.29, 1.82) is 0 Å². The van der Waals surface area contributed by atoms with E-state index in [0.29, 0.717) is 12.5 Å². The lowest BCUT2D eigenvalue weighted by Gasteiger charge is -2.35. The third kappa shape index (κ3) is 4.41. The van der Waals surface area contributed by atoms with Gasteiger partial charge in [-0.2, -0.15) is 0 Å². The Kier molecular flexibility index (Phi) is 4.75. The van der Waals surface area contributed by atoms with Crippen LogP contribution in [0, 0.1) is 5.92 Å². The zero-order valence-electron chi connectivity index (χ0n) is 11.7. The van der Waals surface area contributed by atoms with Crippen molar-refractivity contribution in [1.82, 2.24) is 0 Å². The molecule has 0 saturated carbocycles. The number of rotatable bonds is 4. The molecule has 0 aromatic heterocycles. The maximum absolute atomic E-state index is 9.35. The van der Waals surface area contributed by atoms with Crippen molar-refractivity contribution < 1.29 is 9.53 Å². The quantitative estimate of drug-likeness (QED) is 0.614. The zero-order valence-corrected chi connectivity index (χ0v) is 12.7. The van der Waals surface area contributed by atoms with Crippen molar-refractivity contribution in [3.63, 3.8) is 0 Å². The normalized spacial score (nSPS) is 26.0. The molecule has 98 valence electrons. The average Bonchev–Trinajstić information content (AvgIpc) is 2.57. The molecule has 0 saturated heterocycles. The third-order valence-electron chi connectivity index (χ3n) is 3.82. The minimum Gasteiger partial charge on any atom is -0.413 e. The second-order valence-corrected chi connectivity index (χ2v) is 11.2. The summed E-state index contributed by atoms with van der Waals surface area (Å²) in [4.78, 5) is 0. The minimum absolute atomic E-state index is 0.258. The number of allylic oxidation sites excluding steroid dienone is 2. The predicted octanol–water partition coefficient (Wildman–Crippen LogP) is 3.50. The first-order chi connectivity index (χ1) is 7.72. The molecule has 0 aliphatic heterocycles. The molecule has 1 rings (SSSR count). The highest BCUT2D eigenvalue weighted by Crippen LogP contribution is 2.36. The Morgan fingerprint density at radius 3 is 2.47 bits per heavy atom. The molecule has 0 heterocycles. The second kappa shape index (κ2) is 5.51. The first kappa shape index (κ1) is 14.7. The van der Waals surface area contributed by atoms with Gasteiger partial charge < -0.3 is 9.53 Å². The Balaban J connectivity index is 2.33. The van der Waals surface area contributed by atoms with Gasteiger partial charge in [-0.25, -0.2) is 0 Å². The van der Waals surface area contributed by atoms with Gasteiger partial charge in [0.05, 0.1) is 12.7 Å². The first-order valence-corrected chi connectivity index (χ1v) is 9.30. The lowest BCUT2D eigenvalue weighted by Crippen LogP contribution is -2.40. The number of aliphatic hydroxyl groups is 1. The van der Waals surface area contributed by atoms with Gasteiger partial charge in [0, 0.05) is 0 Å². The zero-order chi connectivity index (χ0) is 13.1. The van der Waals surface area contributed by atoms with Gasteiger partial charge in [0.25, 0.3) is 0 Å². The molecule has 17 heavy (non-hydrogen) atoms. The van der Waals surface area contributed by atoms with Crippen LogP contribution in [0.4, 0.5) is 0 Å². The summed E-state index contributed by atoms with van der Waals surface area (Å²) in [6.07, 6.45) is 8.72. The molecular weight excluding hydrogens is 228 g/mol. The number of aliphatic hydroxyl groups excluding tert-OH is 1. The van der Waals surface area contributed by atoms with Crippen molar-refractivity contribution in [2.75, 3.05) is 6.61 Å². The van der Waals surface area contributed by atoms with Crippen molar-refractivity contribution in [2.24, 2.45) is 5.92 Å². The van der Waals surface area contributed by atoms with E-state index in [1.807, 2.05) is 6.08 Å². The molecule has 0 bridgehead atoms. The van der Waals surface area contributed by atoms with Crippen molar-refractivity contribution >= 4 is 8.32 Å². The smallest absolute Gasteiger partial charge is 0.192 e. The van der Waals surface area contributed by atoms with Crippen LogP contribution >= 0.6 is 0 Å². The fourth-order valence-electron chi connectivity index (χ4n) is 1.55. The van der Waals surface area contributed by atoms with E-state index in [1.54, 1.807) is 0 Å². The summed E-state index contributed by atoms with van der Waals surface area (Å²) in [7, 11) is -1.61. The lowest BCUT2D eigenvalue weighted by atomic mass is 10.1. The summed E-state index contributed by atoms with van der Waals surface area (Å²) in [6, 6.07) is 0. The maximum Gasteiger partial charge on any atom is 0.192 e. The first-order valence-electron chi connectivity index (χ1n) is 6.39. The van der Waals surface area contributed by atoms with Crippen LogP contribution < -0.4 is 0 Å². The van der Waals surface area contributed by atoms with Crippen LogP contribution in [0.5, 0.6) is 0 Å². The van der Waals surface area contributed by atoms with E-state index in [4.69, 9.17) is 4.43 Å². The molecule has 0 fully saturated rings. The third-order valence-corrected chi connectivity index (χ3v) is 8.32. The van der Waals surface area contributed by atoms with Crippen molar-refractivity contribution in [2.45, 2.75) is 51.4 Å². The standard InChI is InChI=1S/C14H26O2Si/c1-14(2,3)17(4,5)16-10-6-7-12-8-9-13(15)11-12/h6-9,12-13,15H,10-11H2,1-5H3/b7-6+/t12-,13-/m1/s1. The Bertz CT molecular complexity index is 300. The topological polar surface area (TPSA) is 29.5 Å². The van der Waals surface area contributed by atoms with Gasteiger partial charge >= 0.3 is 0 Å². The van der Waals surface area contributed by atoms with E-state index in [9.17, 15) is 5.11 Å². The summed E-state index contributed by atoms with van der Waals surface area (Å²) < 4.78 is 6.05. The molecule has 3 heteroatoms. The predicted molar refractivity (Wildman–Crippen MR) is 75.5 cm³/mol. The van der Waals surface area contributed by atoms with Gasteiger partial charge in [-0.1, -0.05) is 45.1 Å². The fraction of sp³-hybridized carbons (Fsp3) is 0.714. The average molecular weight is 254 g/mol. The Labute approximate surface area is 107 Å². The minimum atomic E-state index is -1.61. The molecule has 0 unspecified atom stereocenters. The summed E-state index contributed by atoms with van der Waals surface area (Å²) in [5, 5.41) is 9.62. The van der Waals surface area contributed by atoms with E-state index in [0.717, 1.165) is 6.42 Å². The van der Waals surface area contributed by atoms with E-state index >= 15 is 0 Å². The largest absolute Gasteiger partial charge is 0.413 e. The number of hydrogen-bond acceptors (Lipinski definition) is 2. The highest BCUT2D eigenvalue weighted by molar-refractivity contribution is 6.74. The van der Waals surface area contributed by atoms with Gasteiger partial charge in [0.2, 0.25) is 0 Å². The van der Waals surface area contributed by atoms with Gasteiger partial charge in [-0.15, -0.1) is 0 Å². The maximum atomic E-state index is 9.35. The van der Waals surface area contributed by atoms with Crippen LogP contribution in [-0.2, 0) is 4.43 Å². The molecule has 1 aliphatic carbocycles. The van der Waals surface area contributed by atoms with Crippen LogP contribution in [-0.4, -0.2) is 26.1 Å². The van der Waals surface area contributed by atoms with Gasteiger partial charge in [0.15, 0.2) is 8.32 Å². The SMILES string of the molecule is CC(C)(C)[Si](C)(C)OC/C=C/[C@@H]1C=C[C@@H](O)C1. The van der Waals surface area contributed by atoms with Crippen LogP contribution in [0.25, 0.3) is 0 Å². The molecule has 2 atom stereocenters. The molecular formula is C14H26O2Si. The van der Waals surface area contributed by atoms with Gasteiger partial charge in [-0.05, 0) is 30.5 Å². The fourth-order valence-corrected chi connectivity index (χ4v) is 2.50. The second-order valence-electron chi connectivity index (χ2n) is 6.35. The summed E-state index contributed by atoms with van der Waals surface area (Å²) in [6.45, 7) is 12.0. The van der Waals surface area contributed by atoms with Crippen LogP contribution in [0.3, 0.4) is 0 Å². The molecule has 1 aliphatic rings. The van der Waals surface area contributed by atoms with Crippen molar-refractivity contribution in [3.05, 3.63) is 24.3 Å². The highest BCUT2D eigenvalue weighted by atomic mass is 28.4. The van der Waals surface area contributed by atoms with Gasteiger partial charge in [-0.3, -0.25) is 0 Å². The monoisotopic (exact) mass is 254 g/mol. The summed E-state index contributed by atoms with van der Waals surface area (Å²) in [5.74, 6) is 0.382. The van der Waals surface area contributed by atoms with E-state index in [2.05, 4.69) is 52.1 Å². The Morgan fingerprint density at radius 1 is 1.35 bits per heavy atom. The van der Waals surface area contributed by atoms with E-state index < -0.39 is 8.32 Å². The highest BCUT2D eigenvalue weighted by Gasteiger charge is 2.36. The van der Waals surface area contributed by atoms with Gasteiger partial charge in [0.1, 0.15) is 0 Å². The van der Waals surface area contributed by atoms with Crippen LogP contribution in [0.15, 0.2) is 24.3 Å². The van der Waals surface area contributed by atoms with Crippen LogP contribution in [0.2, 0.25) is 18.1 Å². The van der Waals surface area contributed by atoms with E-state index in [1.165, 1.54) is 0 Å². The molecule has 0 radical (unpaired) electrons. The molecule has 1 N–H and O–H groups in total. The van der Waals surface area contributed by atoms with E-state index in [-0.39, 0.29) is 11.1 Å².